The Morgan fingerprint density at radius 3 is 2.67 bits per heavy atom. The lowest BCUT2D eigenvalue weighted by atomic mass is 9.95. The van der Waals surface area contributed by atoms with E-state index in [1.54, 1.807) is 18.4 Å². The molecule has 0 amide bonds. The van der Waals surface area contributed by atoms with Crippen LogP contribution >= 0.6 is 11.3 Å². The average molecular weight is 221 g/mol. The third-order valence-corrected chi connectivity index (χ3v) is 3.42. The van der Waals surface area contributed by atoms with E-state index in [1.165, 1.54) is 4.70 Å². The summed E-state index contributed by atoms with van der Waals surface area (Å²) in [6, 6.07) is 6.08. The van der Waals surface area contributed by atoms with Crippen LogP contribution in [0.15, 0.2) is 23.6 Å². The Balaban J connectivity index is 2.77. The van der Waals surface area contributed by atoms with Crippen LogP contribution < -0.4 is 10.5 Å². The highest BCUT2D eigenvalue weighted by molar-refractivity contribution is 7.17. The number of methoxy groups -OCH3 is 1. The highest BCUT2D eigenvalue weighted by Crippen LogP contribution is 2.37. The van der Waals surface area contributed by atoms with Crippen molar-refractivity contribution in [1.82, 2.24) is 0 Å². The molecule has 3 heteroatoms. The third kappa shape index (κ3) is 1.73. The predicted molar refractivity (Wildman–Crippen MR) is 65.6 cm³/mol. The summed E-state index contributed by atoms with van der Waals surface area (Å²) >= 11 is 1.71. The highest BCUT2D eigenvalue weighted by Gasteiger charge is 2.20. The van der Waals surface area contributed by atoms with Crippen LogP contribution in [0.4, 0.5) is 0 Å². The van der Waals surface area contributed by atoms with Gasteiger partial charge in [0.1, 0.15) is 5.75 Å². The van der Waals surface area contributed by atoms with Gasteiger partial charge in [0.05, 0.1) is 7.11 Å². The number of benzene rings is 1. The van der Waals surface area contributed by atoms with Crippen molar-refractivity contribution in [3.63, 3.8) is 0 Å². The second kappa shape index (κ2) is 3.51. The van der Waals surface area contributed by atoms with Crippen molar-refractivity contribution in [2.75, 3.05) is 7.11 Å². The minimum Gasteiger partial charge on any atom is -0.496 e. The monoisotopic (exact) mass is 221 g/mol. The molecule has 0 aliphatic carbocycles. The molecule has 0 aliphatic heterocycles. The van der Waals surface area contributed by atoms with Crippen LogP contribution in [-0.4, -0.2) is 7.11 Å². The Labute approximate surface area is 93.7 Å². The van der Waals surface area contributed by atoms with E-state index in [1.807, 2.05) is 26.0 Å². The van der Waals surface area contributed by atoms with Crippen molar-refractivity contribution >= 4 is 21.4 Å². The van der Waals surface area contributed by atoms with E-state index in [4.69, 9.17) is 10.5 Å². The number of rotatable bonds is 2. The van der Waals surface area contributed by atoms with Crippen molar-refractivity contribution in [3.05, 3.63) is 29.1 Å². The Bertz CT molecular complexity index is 482. The minimum atomic E-state index is -0.327. The largest absolute Gasteiger partial charge is 0.496 e. The number of hydrogen-bond acceptors (Lipinski definition) is 3. The molecule has 2 N–H and O–H groups in total. The zero-order valence-corrected chi connectivity index (χ0v) is 10.0. The van der Waals surface area contributed by atoms with Crippen molar-refractivity contribution in [1.29, 1.82) is 0 Å². The quantitative estimate of drug-likeness (QED) is 0.845. The molecule has 1 aromatic heterocycles. The Morgan fingerprint density at radius 2 is 2.07 bits per heavy atom. The standard InChI is InChI=1S/C12H15NOS/c1-12(2,13)8-7-15-10-6-4-5-9(14-3)11(8)10/h4-7H,13H2,1-3H3. The topological polar surface area (TPSA) is 35.2 Å². The van der Waals surface area contributed by atoms with E-state index in [0.29, 0.717) is 0 Å². The maximum Gasteiger partial charge on any atom is 0.127 e. The van der Waals surface area contributed by atoms with Crippen molar-refractivity contribution < 1.29 is 4.74 Å². The van der Waals surface area contributed by atoms with Gasteiger partial charge in [0.2, 0.25) is 0 Å². The summed E-state index contributed by atoms with van der Waals surface area (Å²) in [5.74, 6) is 0.905. The SMILES string of the molecule is COc1cccc2scc(C(C)(C)N)c12. The molecule has 0 saturated heterocycles. The molecule has 2 rings (SSSR count). The predicted octanol–water partition coefficient (Wildman–Crippen LogP) is 3.10. The lowest BCUT2D eigenvalue weighted by molar-refractivity contribution is 0.418. The first kappa shape index (κ1) is 10.5. The fraction of sp³-hybridized carbons (Fsp3) is 0.333. The zero-order chi connectivity index (χ0) is 11.1. The van der Waals surface area contributed by atoms with Crippen molar-refractivity contribution in [2.45, 2.75) is 19.4 Å². The van der Waals surface area contributed by atoms with E-state index in [9.17, 15) is 0 Å². The first-order valence-electron chi connectivity index (χ1n) is 4.87. The van der Waals surface area contributed by atoms with Gasteiger partial charge < -0.3 is 10.5 Å². The van der Waals surface area contributed by atoms with Gasteiger partial charge in [-0.25, -0.2) is 0 Å². The molecule has 0 atom stereocenters. The van der Waals surface area contributed by atoms with E-state index < -0.39 is 0 Å². The molecule has 0 unspecified atom stereocenters. The molecule has 0 spiro atoms. The second-order valence-corrected chi connectivity index (χ2v) is 5.12. The molecule has 0 saturated carbocycles. The Morgan fingerprint density at radius 1 is 1.33 bits per heavy atom. The fourth-order valence-electron chi connectivity index (χ4n) is 1.70. The summed E-state index contributed by atoms with van der Waals surface area (Å²) in [7, 11) is 1.69. The van der Waals surface area contributed by atoms with Gasteiger partial charge in [0, 0.05) is 15.6 Å². The van der Waals surface area contributed by atoms with Crippen LogP contribution in [0, 0.1) is 0 Å². The lowest BCUT2D eigenvalue weighted by Gasteiger charge is -2.18. The maximum atomic E-state index is 6.14. The van der Waals surface area contributed by atoms with Gasteiger partial charge in [-0.15, -0.1) is 11.3 Å². The van der Waals surface area contributed by atoms with Gasteiger partial charge in [0.25, 0.3) is 0 Å². The molecular formula is C12H15NOS. The van der Waals surface area contributed by atoms with E-state index >= 15 is 0 Å². The van der Waals surface area contributed by atoms with Gasteiger partial charge in [-0.05, 0) is 36.9 Å². The summed E-state index contributed by atoms with van der Waals surface area (Å²) in [5, 5.41) is 3.27. The molecule has 0 aliphatic rings. The van der Waals surface area contributed by atoms with E-state index in [2.05, 4.69) is 11.4 Å². The second-order valence-electron chi connectivity index (χ2n) is 4.20. The number of thiophene rings is 1. The summed E-state index contributed by atoms with van der Waals surface area (Å²) in [6.45, 7) is 4.03. The van der Waals surface area contributed by atoms with Crippen LogP contribution in [0.5, 0.6) is 5.75 Å². The zero-order valence-electron chi connectivity index (χ0n) is 9.20. The van der Waals surface area contributed by atoms with Crippen molar-refractivity contribution in [2.24, 2.45) is 5.73 Å². The normalized spacial score (nSPS) is 12.0. The average Bonchev–Trinajstić information content (AvgIpc) is 2.59. The summed E-state index contributed by atoms with van der Waals surface area (Å²) in [6.07, 6.45) is 0. The van der Waals surface area contributed by atoms with Gasteiger partial charge >= 0.3 is 0 Å². The number of fused-ring (bicyclic) bond motifs is 1. The Kier molecular flexibility index (Phi) is 2.44. The van der Waals surface area contributed by atoms with Crippen LogP contribution in [0.25, 0.3) is 10.1 Å². The van der Waals surface area contributed by atoms with E-state index in [-0.39, 0.29) is 5.54 Å². The molecular weight excluding hydrogens is 206 g/mol. The Hall–Kier alpha value is -1.06. The molecule has 1 heterocycles. The number of ether oxygens (including phenoxy) is 1. The summed E-state index contributed by atoms with van der Waals surface area (Å²) < 4.78 is 6.60. The first-order chi connectivity index (χ1) is 7.04. The molecule has 15 heavy (non-hydrogen) atoms. The third-order valence-electron chi connectivity index (χ3n) is 2.48. The molecule has 2 aromatic rings. The molecule has 80 valence electrons. The summed E-state index contributed by atoms with van der Waals surface area (Å²) in [5.41, 5.74) is 6.97. The van der Waals surface area contributed by atoms with Gasteiger partial charge in [0.15, 0.2) is 0 Å². The molecule has 2 nitrogen and oxygen atoms in total. The smallest absolute Gasteiger partial charge is 0.127 e. The van der Waals surface area contributed by atoms with Gasteiger partial charge in [-0.3, -0.25) is 0 Å². The minimum absolute atomic E-state index is 0.327. The van der Waals surface area contributed by atoms with Gasteiger partial charge in [-0.2, -0.15) is 0 Å². The number of nitrogens with two attached hydrogens (primary N) is 1. The molecule has 0 bridgehead atoms. The van der Waals surface area contributed by atoms with Crippen LogP contribution in [0.1, 0.15) is 19.4 Å². The molecule has 1 aromatic carbocycles. The molecule has 0 radical (unpaired) electrons. The lowest BCUT2D eigenvalue weighted by Crippen LogP contribution is -2.28. The van der Waals surface area contributed by atoms with E-state index in [0.717, 1.165) is 16.7 Å². The van der Waals surface area contributed by atoms with Crippen LogP contribution in [0.3, 0.4) is 0 Å². The maximum absolute atomic E-state index is 6.14. The van der Waals surface area contributed by atoms with Crippen molar-refractivity contribution in [3.8, 4) is 5.75 Å². The fourth-order valence-corrected chi connectivity index (χ4v) is 2.85. The highest BCUT2D eigenvalue weighted by atomic mass is 32.1. The first-order valence-corrected chi connectivity index (χ1v) is 5.75. The van der Waals surface area contributed by atoms with Crippen LogP contribution in [-0.2, 0) is 5.54 Å². The summed E-state index contributed by atoms with van der Waals surface area (Å²) in [4.78, 5) is 0. The molecule has 0 fully saturated rings. The van der Waals surface area contributed by atoms with Gasteiger partial charge in [-0.1, -0.05) is 6.07 Å². The van der Waals surface area contributed by atoms with Crippen LogP contribution in [0.2, 0.25) is 0 Å². The number of hydrogen-bond donors (Lipinski definition) is 1.